The average molecular weight is 232 g/mol. The highest BCUT2D eigenvalue weighted by Gasteiger charge is 1.96. The normalized spacial score (nSPS) is 8.94. The van der Waals surface area contributed by atoms with Crippen LogP contribution >= 0.6 is 11.3 Å². The lowest BCUT2D eigenvalue weighted by Gasteiger charge is -2.02. The highest BCUT2D eigenvalue weighted by atomic mass is 32.1. The number of benzene rings is 1. The van der Waals surface area contributed by atoms with Gasteiger partial charge in [0.1, 0.15) is 5.00 Å². The Labute approximate surface area is 98.2 Å². The molecule has 0 aliphatic rings. The summed E-state index contributed by atoms with van der Waals surface area (Å²) in [4.78, 5) is 3.97. The fraction of sp³-hybridized carbons (Fsp3) is 0.0909. The zero-order valence-electron chi connectivity index (χ0n) is 8.68. The number of rotatable bonds is 3. The average Bonchev–Trinajstić information content (AvgIpc) is 2.79. The van der Waals surface area contributed by atoms with Crippen LogP contribution in [-0.4, -0.2) is 4.98 Å². The minimum Gasteiger partial charge on any atom is -0.372 e. The van der Waals surface area contributed by atoms with Gasteiger partial charge in [-0.25, -0.2) is 0 Å². The highest BCUT2D eigenvalue weighted by molar-refractivity contribution is 7.13. The summed E-state index contributed by atoms with van der Waals surface area (Å²) in [5, 5.41) is 13.0. The standard InChI is InChI=1S/C11H9N3S.H3N/c12-5-9-2-1-3-10(4-9)6-14-11-7-13-8-15-11;/h1-4,7-8,14H,6H2;1H3. The lowest BCUT2D eigenvalue weighted by molar-refractivity contribution is 1.15. The predicted octanol–water partition coefficient (Wildman–Crippen LogP) is 2.79. The van der Waals surface area contributed by atoms with Gasteiger partial charge in [-0.1, -0.05) is 12.1 Å². The first-order chi connectivity index (χ1) is 7.38. The molecule has 0 spiro atoms. The lowest BCUT2D eigenvalue weighted by Crippen LogP contribution is -1.97. The van der Waals surface area contributed by atoms with E-state index in [4.69, 9.17) is 5.26 Å². The first-order valence-corrected chi connectivity index (χ1v) is 5.38. The second kappa shape index (κ2) is 5.85. The second-order valence-electron chi connectivity index (χ2n) is 3.03. The van der Waals surface area contributed by atoms with E-state index in [9.17, 15) is 0 Å². The van der Waals surface area contributed by atoms with Gasteiger partial charge in [-0.3, -0.25) is 4.98 Å². The fourth-order valence-corrected chi connectivity index (χ4v) is 1.76. The summed E-state index contributed by atoms with van der Waals surface area (Å²) in [5.41, 5.74) is 3.58. The first kappa shape index (κ1) is 12.2. The van der Waals surface area contributed by atoms with Gasteiger partial charge < -0.3 is 11.5 Å². The van der Waals surface area contributed by atoms with Gasteiger partial charge in [0, 0.05) is 6.54 Å². The number of hydrogen-bond acceptors (Lipinski definition) is 5. The molecule has 0 bridgehead atoms. The van der Waals surface area contributed by atoms with Gasteiger partial charge in [-0.05, 0) is 17.7 Å². The monoisotopic (exact) mass is 232 g/mol. The Morgan fingerprint density at radius 1 is 1.44 bits per heavy atom. The molecule has 0 amide bonds. The molecule has 0 unspecified atom stereocenters. The van der Waals surface area contributed by atoms with Crippen LogP contribution in [0, 0.1) is 11.3 Å². The minimum absolute atomic E-state index is 0. The van der Waals surface area contributed by atoms with Gasteiger partial charge in [0.25, 0.3) is 0 Å². The van der Waals surface area contributed by atoms with Crippen molar-refractivity contribution < 1.29 is 0 Å². The molecule has 5 heteroatoms. The molecule has 0 fully saturated rings. The fourth-order valence-electron chi connectivity index (χ4n) is 1.24. The van der Waals surface area contributed by atoms with Crippen LogP contribution < -0.4 is 11.5 Å². The molecule has 0 aliphatic heterocycles. The predicted molar refractivity (Wildman–Crippen MR) is 65.6 cm³/mol. The van der Waals surface area contributed by atoms with E-state index < -0.39 is 0 Å². The van der Waals surface area contributed by atoms with E-state index in [1.54, 1.807) is 29.1 Å². The van der Waals surface area contributed by atoms with Crippen molar-refractivity contribution in [2.24, 2.45) is 0 Å². The van der Waals surface area contributed by atoms with E-state index in [2.05, 4.69) is 16.4 Å². The third-order valence-electron chi connectivity index (χ3n) is 1.96. The van der Waals surface area contributed by atoms with Crippen LogP contribution in [0.15, 0.2) is 36.0 Å². The second-order valence-corrected chi connectivity index (χ2v) is 3.92. The zero-order chi connectivity index (χ0) is 10.5. The molecule has 0 saturated heterocycles. The van der Waals surface area contributed by atoms with Gasteiger partial charge in [0.15, 0.2) is 0 Å². The number of nitrogens with one attached hydrogen (secondary N) is 1. The van der Waals surface area contributed by atoms with Gasteiger partial charge in [0.05, 0.1) is 23.3 Å². The van der Waals surface area contributed by atoms with Crippen molar-refractivity contribution in [3.63, 3.8) is 0 Å². The maximum Gasteiger partial charge on any atom is 0.109 e. The summed E-state index contributed by atoms with van der Waals surface area (Å²) in [6.45, 7) is 0.720. The Morgan fingerprint density at radius 2 is 2.31 bits per heavy atom. The molecule has 4 nitrogen and oxygen atoms in total. The molecule has 0 saturated carbocycles. The number of thiazole rings is 1. The summed E-state index contributed by atoms with van der Waals surface area (Å²) >= 11 is 1.56. The smallest absolute Gasteiger partial charge is 0.109 e. The quantitative estimate of drug-likeness (QED) is 0.852. The molecule has 1 aromatic carbocycles. The SMILES string of the molecule is N.N#Cc1cccc(CNc2cncs2)c1. The van der Waals surface area contributed by atoms with Crippen molar-refractivity contribution in [3.8, 4) is 6.07 Å². The Bertz CT molecular complexity index is 473. The Hall–Kier alpha value is -1.90. The molecular formula is C11H12N4S. The molecule has 0 atom stereocenters. The Balaban J connectivity index is 0.00000128. The van der Waals surface area contributed by atoms with Gasteiger partial charge in [-0.2, -0.15) is 5.26 Å². The number of hydrogen-bond donors (Lipinski definition) is 2. The van der Waals surface area contributed by atoms with Crippen LogP contribution in [0.4, 0.5) is 5.00 Å². The molecule has 2 aromatic rings. The maximum absolute atomic E-state index is 8.74. The van der Waals surface area contributed by atoms with E-state index in [1.807, 2.05) is 18.2 Å². The van der Waals surface area contributed by atoms with Crippen LogP contribution in [0.25, 0.3) is 0 Å². The summed E-state index contributed by atoms with van der Waals surface area (Å²) in [6, 6.07) is 9.69. The van der Waals surface area contributed by atoms with Crippen LogP contribution in [0.3, 0.4) is 0 Å². The number of nitrogens with zero attached hydrogens (tertiary/aromatic N) is 2. The van der Waals surface area contributed by atoms with Gasteiger partial charge in [0.2, 0.25) is 0 Å². The first-order valence-electron chi connectivity index (χ1n) is 4.50. The molecule has 1 aromatic heterocycles. The summed E-state index contributed by atoms with van der Waals surface area (Å²) in [7, 11) is 0. The third kappa shape index (κ3) is 3.05. The molecule has 2 rings (SSSR count). The van der Waals surface area contributed by atoms with E-state index in [-0.39, 0.29) is 6.15 Å². The molecule has 4 N–H and O–H groups in total. The molecule has 0 aliphatic carbocycles. The molecule has 16 heavy (non-hydrogen) atoms. The summed E-state index contributed by atoms with van der Waals surface area (Å²) in [6.07, 6.45) is 1.79. The van der Waals surface area contributed by atoms with Crippen molar-refractivity contribution in [1.82, 2.24) is 11.1 Å². The molecule has 82 valence electrons. The van der Waals surface area contributed by atoms with Gasteiger partial charge >= 0.3 is 0 Å². The van der Waals surface area contributed by atoms with Crippen molar-refractivity contribution in [1.29, 1.82) is 5.26 Å². The molecule has 0 radical (unpaired) electrons. The number of nitriles is 1. The largest absolute Gasteiger partial charge is 0.372 e. The van der Waals surface area contributed by atoms with E-state index in [0.717, 1.165) is 17.1 Å². The zero-order valence-corrected chi connectivity index (χ0v) is 9.50. The Kier molecular flexibility index (Phi) is 4.45. The van der Waals surface area contributed by atoms with Crippen molar-refractivity contribution in [2.45, 2.75) is 6.54 Å². The van der Waals surface area contributed by atoms with Crippen LogP contribution in [0.2, 0.25) is 0 Å². The van der Waals surface area contributed by atoms with Crippen LogP contribution in [0.5, 0.6) is 0 Å². The van der Waals surface area contributed by atoms with Crippen LogP contribution in [0.1, 0.15) is 11.1 Å². The summed E-state index contributed by atoms with van der Waals surface area (Å²) < 4.78 is 0. The molecule has 1 heterocycles. The maximum atomic E-state index is 8.74. The van der Waals surface area contributed by atoms with Crippen LogP contribution in [-0.2, 0) is 6.54 Å². The Morgan fingerprint density at radius 3 is 3.00 bits per heavy atom. The van der Waals surface area contributed by atoms with Crippen molar-refractivity contribution in [2.75, 3.05) is 5.32 Å². The third-order valence-corrected chi connectivity index (χ3v) is 2.69. The van der Waals surface area contributed by atoms with Crippen molar-refractivity contribution in [3.05, 3.63) is 47.1 Å². The topological polar surface area (TPSA) is 83.7 Å². The van der Waals surface area contributed by atoms with E-state index in [1.165, 1.54) is 0 Å². The summed E-state index contributed by atoms with van der Waals surface area (Å²) in [5.74, 6) is 0. The number of aromatic nitrogens is 1. The lowest BCUT2D eigenvalue weighted by atomic mass is 10.1. The minimum atomic E-state index is 0. The van der Waals surface area contributed by atoms with E-state index in [0.29, 0.717) is 5.56 Å². The van der Waals surface area contributed by atoms with Gasteiger partial charge in [-0.15, -0.1) is 11.3 Å². The van der Waals surface area contributed by atoms with Crippen molar-refractivity contribution >= 4 is 16.3 Å². The molecular weight excluding hydrogens is 220 g/mol. The highest BCUT2D eigenvalue weighted by Crippen LogP contribution is 2.14. The number of anilines is 1. The van der Waals surface area contributed by atoms with E-state index >= 15 is 0 Å².